The van der Waals surface area contributed by atoms with Gasteiger partial charge in [0.25, 0.3) is 0 Å². The number of sulfonamides is 2. The second-order valence-electron chi connectivity index (χ2n) is 17.4. The Hall–Kier alpha value is -2.20. The maximum absolute atomic E-state index is 14.6. The van der Waals surface area contributed by atoms with Gasteiger partial charge in [-0.25, -0.2) is 25.4 Å². The zero-order valence-corrected chi connectivity index (χ0v) is 30.4. The summed E-state index contributed by atoms with van der Waals surface area (Å²) in [6.45, 7) is 12.7. The molecule has 1 aromatic rings. The first kappa shape index (κ1) is 33.3. The smallest absolute Gasteiger partial charge is 0.243 e. The van der Waals surface area contributed by atoms with E-state index in [0.717, 1.165) is 31.2 Å². The Balaban J connectivity index is 1.22. The minimum atomic E-state index is -3.83. The average molecular weight is 685 g/mol. The van der Waals surface area contributed by atoms with Gasteiger partial charge < -0.3 is 0 Å². The van der Waals surface area contributed by atoms with Crippen molar-refractivity contribution in [1.82, 2.24) is 8.61 Å². The molecule has 0 N–H and O–H groups in total. The van der Waals surface area contributed by atoms with Crippen molar-refractivity contribution in [1.29, 1.82) is 0 Å². The van der Waals surface area contributed by atoms with Crippen LogP contribution in [0.5, 0.6) is 0 Å². The lowest BCUT2D eigenvalue weighted by Crippen LogP contribution is -2.47. The molecule has 4 aliphatic carbocycles. The molecule has 4 unspecified atom stereocenters. The summed E-state index contributed by atoms with van der Waals surface area (Å²) in [7, 11) is -7.64. The van der Waals surface area contributed by atoms with Crippen LogP contribution < -0.4 is 0 Å². The van der Waals surface area contributed by atoms with Gasteiger partial charge in [-0.05, 0) is 85.5 Å². The van der Waals surface area contributed by atoms with Gasteiger partial charge in [0.15, 0.2) is 0 Å². The maximum Gasteiger partial charge on any atom is 0.243 e. The normalized spacial score (nSPS) is 37.9. The summed E-state index contributed by atoms with van der Waals surface area (Å²) >= 11 is 0. The van der Waals surface area contributed by atoms with Crippen LogP contribution in [-0.2, 0) is 36.1 Å². The number of fused-ring (bicyclic) bond motifs is 2. The highest BCUT2D eigenvalue weighted by Crippen LogP contribution is 2.71. The van der Waals surface area contributed by atoms with Crippen LogP contribution in [0.2, 0.25) is 0 Å². The summed E-state index contributed by atoms with van der Waals surface area (Å²) in [5, 5.41) is 0. The van der Waals surface area contributed by atoms with Crippen LogP contribution in [0, 0.1) is 51.2 Å². The molecule has 8 nitrogen and oxygen atoms in total. The molecule has 47 heavy (non-hydrogen) atoms. The van der Waals surface area contributed by atoms with Gasteiger partial charge in [-0.1, -0.05) is 84.0 Å². The molecular weight excluding hydrogens is 633 g/mol. The average Bonchev–Trinajstić information content (AvgIpc) is 3.67. The number of amides is 2. The number of nitrogens with zero attached hydrogens (tertiary/aromatic N) is 2. The van der Waals surface area contributed by atoms with Crippen molar-refractivity contribution in [2.75, 3.05) is 11.5 Å². The second-order valence-corrected chi connectivity index (χ2v) is 21.1. The summed E-state index contributed by atoms with van der Waals surface area (Å²) in [5.74, 6) is -1.50. The highest BCUT2D eigenvalue weighted by Gasteiger charge is 2.73. The topological polar surface area (TPSA) is 109 Å². The van der Waals surface area contributed by atoms with E-state index in [-0.39, 0.29) is 40.3 Å². The first-order valence-electron chi connectivity index (χ1n) is 17.7. The van der Waals surface area contributed by atoms with Crippen molar-refractivity contribution in [3.8, 4) is 0 Å². The molecular formula is C37H52N2O6S2. The molecule has 0 aromatic heterocycles. The highest BCUT2D eigenvalue weighted by molar-refractivity contribution is 7.90. The van der Waals surface area contributed by atoms with E-state index in [2.05, 4.69) is 27.7 Å². The molecule has 2 saturated heterocycles. The van der Waals surface area contributed by atoms with Crippen molar-refractivity contribution >= 4 is 31.9 Å². The predicted octanol–water partition coefficient (Wildman–Crippen LogP) is 5.80. The van der Waals surface area contributed by atoms with E-state index in [1.165, 1.54) is 8.61 Å². The molecule has 10 heteroatoms. The minimum absolute atomic E-state index is 0.00341. The lowest BCUT2D eigenvalue weighted by molar-refractivity contribution is -0.133. The summed E-state index contributed by atoms with van der Waals surface area (Å²) < 4.78 is 57.8. The molecule has 2 spiro atoms. The standard InChI is InChI=1S/C37H52N2O6S2/c1-24(2)18-26(32(40)38-30-20-28-14-16-36(30,34(28,3)4)22-46(38,42)43)12-13-27(19-25-10-8-7-9-11-25)33(41)39-31-21-29-15-17-37(31,35(29,5)6)23-47(39,44)45/h7-13,24,26-31H,14-23H2,1-6H3/t26-,27-,28?,29?,30+,31+,36?,37?/m1/s1. The summed E-state index contributed by atoms with van der Waals surface area (Å²) in [5.41, 5.74) is -0.263. The maximum atomic E-state index is 14.6. The number of carbonyl (C=O) groups excluding carboxylic acids is 2. The van der Waals surface area contributed by atoms with Gasteiger partial charge in [0.05, 0.1) is 35.4 Å². The van der Waals surface area contributed by atoms with E-state index in [0.29, 0.717) is 37.5 Å². The van der Waals surface area contributed by atoms with Crippen LogP contribution in [-0.4, -0.2) is 60.8 Å². The van der Waals surface area contributed by atoms with Crippen molar-refractivity contribution < 1.29 is 26.4 Å². The highest BCUT2D eigenvalue weighted by atomic mass is 32.2. The number of hydrogen-bond donors (Lipinski definition) is 0. The van der Waals surface area contributed by atoms with Gasteiger partial charge in [0.2, 0.25) is 31.9 Å². The Bertz CT molecular complexity index is 1720. The molecule has 2 aliphatic heterocycles. The minimum Gasteiger partial charge on any atom is -0.273 e. The third kappa shape index (κ3) is 4.61. The van der Waals surface area contributed by atoms with Crippen molar-refractivity contribution in [3.63, 3.8) is 0 Å². The fraction of sp³-hybridized carbons (Fsp3) is 0.730. The van der Waals surface area contributed by atoms with E-state index < -0.39 is 54.5 Å². The van der Waals surface area contributed by atoms with Gasteiger partial charge in [-0.3, -0.25) is 9.59 Å². The van der Waals surface area contributed by atoms with E-state index >= 15 is 0 Å². The van der Waals surface area contributed by atoms with E-state index in [9.17, 15) is 26.4 Å². The van der Waals surface area contributed by atoms with E-state index in [4.69, 9.17) is 0 Å². The fourth-order valence-electron chi connectivity index (χ4n) is 11.6. The van der Waals surface area contributed by atoms with Crippen LogP contribution in [0.1, 0.15) is 92.1 Å². The Morgan fingerprint density at radius 3 is 1.66 bits per heavy atom. The summed E-state index contributed by atoms with van der Waals surface area (Å²) in [4.78, 5) is 29.0. The fourth-order valence-corrected chi connectivity index (χ4v) is 16.8. The van der Waals surface area contributed by atoms with Crippen LogP contribution in [0.25, 0.3) is 0 Å². The molecule has 1 aromatic carbocycles. The van der Waals surface area contributed by atoms with E-state index in [1.54, 1.807) is 12.2 Å². The second kappa shape index (κ2) is 10.6. The van der Waals surface area contributed by atoms with Crippen molar-refractivity contribution in [2.45, 2.75) is 105 Å². The lowest BCUT2D eigenvalue weighted by Gasteiger charge is -2.37. The SMILES string of the molecule is CC(C)C[C@@H](C=C[C@H](Cc1ccccc1)C(=O)N1[C@H]2CC3CCC2(CS1(=O)=O)C3(C)C)C(=O)N1[C@H]2CC3CCC2(CS1(=O)=O)C3(C)C. The predicted molar refractivity (Wildman–Crippen MR) is 182 cm³/mol. The largest absolute Gasteiger partial charge is 0.273 e. The number of hydrogen-bond acceptors (Lipinski definition) is 6. The molecule has 2 heterocycles. The Morgan fingerprint density at radius 1 is 0.766 bits per heavy atom. The van der Waals surface area contributed by atoms with Gasteiger partial charge in [-0.2, -0.15) is 0 Å². The van der Waals surface area contributed by atoms with Gasteiger partial charge in [0.1, 0.15) is 0 Å². The molecule has 6 aliphatic rings. The number of rotatable bonds is 8. The molecule has 7 rings (SSSR count). The lowest BCUT2D eigenvalue weighted by atomic mass is 9.69. The third-order valence-electron chi connectivity index (χ3n) is 14.5. The third-order valence-corrected chi connectivity index (χ3v) is 18.3. The summed E-state index contributed by atoms with van der Waals surface area (Å²) in [6.07, 6.45) is 9.21. The molecule has 0 radical (unpaired) electrons. The van der Waals surface area contributed by atoms with E-state index in [1.807, 2.05) is 44.2 Å². The Kier molecular flexibility index (Phi) is 7.55. The summed E-state index contributed by atoms with van der Waals surface area (Å²) in [6, 6.07) is 8.88. The number of benzene rings is 1. The zero-order chi connectivity index (χ0) is 33.9. The van der Waals surface area contributed by atoms with Crippen LogP contribution in [0.4, 0.5) is 0 Å². The Morgan fingerprint density at radius 2 is 1.21 bits per heavy atom. The quantitative estimate of drug-likeness (QED) is 0.321. The van der Waals surface area contributed by atoms with Crippen LogP contribution in [0.15, 0.2) is 42.5 Å². The van der Waals surface area contributed by atoms with Gasteiger partial charge in [-0.15, -0.1) is 0 Å². The molecule has 2 amide bonds. The first-order chi connectivity index (χ1) is 21.9. The van der Waals surface area contributed by atoms with Crippen molar-refractivity contribution in [2.24, 2.45) is 51.2 Å². The molecule has 6 fully saturated rings. The zero-order valence-electron chi connectivity index (χ0n) is 28.8. The van der Waals surface area contributed by atoms with Gasteiger partial charge >= 0.3 is 0 Å². The Labute approximate surface area is 281 Å². The molecule has 258 valence electrons. The van der Waals surface area contributed by atoms with Gasteiger partial charge in [0, 0.05) is 10.8 Å². The molecule has 8 atom stereocenters. The molecule has 4 bridgehead atoms. The number of carbonyl (C=O) groups is 2. The van der Waals surface area contributed by atoms with Crippen LogP contribution in [0.3, 0.4) is 0 Å². The first-order valence-corrected chi connectivity index (χ1v) is 20.9. The van der Waals surface area contributed by atoms with Crippen molar-refractivity contribution in [3.05, 3.63) is 48.0 Å². The molecule has 4 saturated carbocycles. The monoisotopic (exact) mass is 684 g/mol. The van der Waals surface area contributed by atoms with Crippen LogP contribution >= 0.6 is 0 Å².